The Hall–Kier alpha value is 0.448. The lowest BCUT2D eigenvalue weighted by Gasteiger charge is -2.12. The van der Waals surface area contributed by atoms with Crippen LogP contribution >= 0.6 is 0 Å². The predicted octanol–water partition coefficient (Wildman–Crippen LogP) is -0.728. The zero-order chi connectivity index (χ0) is 7.94. The highest BCUT2D eigenvalue weighted by molar-refractivity contribution is 6.63. The summed E-state index contributed by atoms with van der Waals surface area (Å²) in [6.45, 7) is 1.93. The van der Waals surface area contributed by atoms with Gasteiger partial charge in [-0.05, 0) is 12.6 Å². The first-order valence-electron chi connectivity index (χ1n) is 2.83. The van der Waals surface area contributed by atoms with E-state index in [9.17, 15) is 0 Å². The molecule has 0 amide bonds. The molecule has 1 heterocycles. The van der Waals surface area contributed by atoms with Gasteiger partial charge in [0.05, 0.1) is 0 Å². The topological polar surface area (TPSA) is 36.9 Å². The minimum Gasteiger partial charge on any atom is -0.412 e. The molecule has 0 aromatic rings. The molecular weight excluding hydrogens is 212 g/mol. The van der Waals surface area contributed by atoms with Crippen LogP contribution < -0.4 is 0 Å². The second-order valence-electron chi connectivity index (χ2n) is 1.48. The third-order valence-corrected chi connectivity index (χ3v) is 4.97. The summed E-state index contributed by atoms with van der Waals surface area (Å²) in [5.74, 6) is 0. The van der Waals surface area contributed by atoms with Gasteiger partial charge in [0, 0.05) is 0 Å². The van der Waals surface area contributed by atoms with E-state index in [-0.39, 0.29) is 30.0 Å². The van der Waals surface area contributed by atoms with Crippen molar-refractivity contribution in [1.29, 1.82) is 0 Å². The Balaban J connectivity index is 2.26. The van der Waals surface area contributed by atoms with Crippen LogP contribution in [-0.4, -0.2) is 39.3 Å². The van der Waals surface area contributed by atoms with Crippen LogP contribution in [0.2, 0.25) is 0 Å². The molecule has 0 saturated carbocycles. The zero-order valence-electron chi connectivity index (χ0n) is 5.79. The van der Waals surface area contributed by atoms with Crippen LogP contribution in [0.25, 0.3) is 0 Å². The SMILES string of the molecule is CC=C[Si]1O[Si]O[Si]O[Si]O1. The summed E-state index contributed by atoms with van der Waals surface area (Å²) >= 11 is 0. The van der Waals surface area contributed by atoms with Crippen LogP contribution in [0.4, 0.5) is 0 Å². The average molecular weight is 217 g/mol. The van der Waals surface area contributed by atoms with Gasteiger partial charge >= 0.3 is 39.3 Å². The Morgan fingerprint density at radius 3 is 2.27 bits per heavy atom. The van der Waals surface area contributed by atoms with Crippen molar-refractivity contribution in [1.82, 2.24) is 0 Å². The molecule has 4 nitrogen and oxygen atoms in total. The van der Waals surface area contributed by atoms with E-state index in [4.69, 9.17) is 16.5 Å². The van der Waals surface area contributed by atoms with E-state index < -0.39 is 9.28 Å². The maximum Gasteiger partial charge on any atom is 0.413 e. The van der Waals surface area contributed by atoms with Gasteiger partial charge in [0.1, 0.15) is 0 Å². The number of hydrogen-bond donors (Lipinski definition) is 0. The summed E-state index contributed by atoms with van der Waals surface area (Å²) in [5, 5.41) is 0. The molecular formula is C3H5O4Si4. The van der Waals surface area contributed by atoms with Crippen molar-refractivity contribution < 1.29 is 16.5 Å². The first kappa shape index (κ1) is 9.53. The summed E-state index contributed by atoms with van der Waals surface area (Å²) in [6, 6.07) is 0. The fourth-order valence-electron chi connectivity index (χ4n) is 0.404. The van der Waals surface area contributed by atoms with Crippen LogP contribution in [-0.2, 0) is 16.5 Å². The van der Waals surface area contributed by atoms with E-state index in [1.165, 1.54) is 0 Å². The molecule has 1 rings (SSSR count). The summed E-state index contributed by atoms with van der Waals surface area (Å²) in [5.41, 5.74) is 1.91. The van der Waals surface area contributed by atoms with Crippen LogP contribution in [0, 0.1) is 0 Å². The van der Waals surface area contributed by atoms with Crippen LogP contribution in [0.15, 0.2) is 11.8 Å². The third kappa shape index (κ3) is 4.12. The molecule has 7 radical (unpaired) electrons. The highest BCUT2D eigenvalue weighted by atomic mass is 28.4. The Morgan fingerprint density at radius 2 is 1.73 bits per heavy atom. The van der Waals surface area contributed by atoms with Crippen LogP contribution in [0.3, 0.4) is 0 Å². The van der Waals surface area contributed by atoms with Gasteiger partial charge in [-0.2, -0.15) is 0 Å². The highest BCUT2D eigenvalue weighted by Gasteiger charge is 2.16. The Labute approximate surface area is 74.9 Å². The monoisotopic (exact) mass is 217 g/mol. The summed E-state index contributed by atoms with van der Waals surface area (Å²) in [7, 11) is -1.13. The molecule has 1 fully saturated rings. The van der Waals surface area contributed by atoms with Crippen molar-refractivity contribution >= 4 is 39.3 Å². The Kier molecular flexibility index (Phi) is 5.22. The lowest BCUT2D eigenvalue weighted by atomic mass is 10.8. The third-order valence-electron chi connectivity index (χ3n) is 0.754. The molecule has 0 aromatic heterocycles. The van der Waals surface area contributed by atoms with Crippen LogP contribution in [0.1, 0.15) is 6.92 Å². The summed E-state index contributed by atoms with van der Waals surface area (Å²) < 4.78 is 20.5. The van der Waals surface area contributed by atoms with E-state index >= 15 is 0 Å². The predicted molar refractivity (Wildman–Crippen MR) is 42.2 cm³/mol. The molecule has 1 saturated heterocycles. The molecule has 0 N–H and O–H groups in total. The molecule has 0 atom stereocenters. The zero-order valence-corrected chi connectivity index (χ0v) is 9.79. The molecule has 1 aliphatic rings. The fraction of sp³-hybridized carbons (Fsp3) is 0.333. The van der Waals surface area contributed by atoms with Crippen molar-refractivity contribution in [2.24, 2.45) is 0 Å². The Morgan fingerprint density at radius 1 is 1.09 bits per heavy atom. The maximum atomic E-state index is 5.26. The highest BCUT2D eigenvalue weighted by Crippen LogP contribution is 1.93. The van der Waals surface area contributed by atoms with E-state index in [1.54, 1.807) is 0 Å². The van der Waals surface area contributed by atoms with E-state index in [1.807, 2.05) is 18.7 Å². The van der Waals surface area contributed by atoms with Gasteiger partial charge in [0.2, 0.25) is 0 Å². The lowest BCUT2D eigenvalue weighted by molar-refractivity contribution is 0.336. The number of allylic oxidation sites excluding steroid dienone is 1. The van der Waals surface area contributed by atoms with Gasteiger partial charge in [-0.1, -0.05) is 6.08 Å². The lowest BCUT2D eigenvalue weighted by Crippen LogP contribution is -2.31. The molecule has 57 valence electrons. The average Bonchev–Trinajstić information content (AvgIpc) is 1.94. The first-order valence-corrected chi connectivity index (χ1v) is 6.68. The molecule has 0 bridgehead atoms. The first-order chi connectivity index (χ1) is 5.43. The van der Waals surface area contributed by atoms with Gasteiger partial charge in [0.25, 0.3) is 0 Å². The normalized spacial score (nSPS) is 23.4. The minimum absolute atomic E-state index is 0.0413. The maximum absolute atomic E-state index is 5.26. The van der Waals surface area contributed by atoms with E-state index in [0.717, 1.165) is 0 Å². The molecule has 0 aromatic carbocycles. The molecule has 0 aliphatic carbocycles. The summed E-state index contributed by atoms with van der Waals surface area (Å²) in [6.07, 6.45) is 1.91. The molecule has 0 spiro atoms. The fourth-order valence-corrected chi connectivity index (χ4v) is 4.32. The van der Waals surface area contributed by atoms with Crippen molar-refractivity contribution in [2.75, 3.05) is 0 Å². The van der Waals surface area contributed by atoms with Crippen LogP contribution in [0.5, 0.6) is 0 Å². The van der Waals surface area contributed by atoms with Crippen molar-refractivity contribution in [3.05, 3.63) is 11.8 Å². The Bertz CT molecular complexity index is 123. The number of rotatable bonds is 1. The molecule has 0 unspecified atom stereocenters. The van der Waals surface area contributed by atoms with Crippen molar-refractivity contribution in [3.63, 3.8) is 0 Å². The molecule has 1 aliphatic heterocycles. The van der Waals surface area contributed by atoms with Gasteiger partial charge in [-0.25, -0.2) is 0 Å². The van der Waals surface area contributed by atoms with E-state index in [0.29, 0.717) is 0 Å². The van der Waals surface area contributed by atoms with E-state index in [2.05, 4.69) is 0 Å². The quantitative estimate of drug-likeness (QED) is 0.543. The summed E-state index contributed by atoms with van der Waals surface area (Å²) in [4.78, 5) is 0. The van der Waals surface area contributed by atoms with Crippen molar-refractivity contribution in [2.45, 2.75) is 6.92 Å². The standard InChI is InChI=1S/C3H5O4Si4/c1-2-3-11-6-9-4-8-5-10-7-11/h2-3H,1H3. The smallest absolute Gasteiger partial charge is 0.412 e. The molecule has 11 heavy (non-hydrogen) atoms. The largest absolute Gasteiger partial charge is 0.413 e. The van der Waals surface area contributed by atoms with Crippen molar-refractivity contribution in [3.8, 4) is 0 Å². The second kappa shape index (κ2) is 6.02. The second-order valence-corrected chi connectivity index (χ2v) is 6.21. The van der Waals surface area contributed by atoms with Gasteiger partial charge in [-0.15, -0.1) is 0 Å². The number of hydrogen-bond acceptors (Lipinski definition) is 4. The van der Waals surface area contributed by atoms with Gasteiger partial charge in [-0.3, -0.25) is 0 Å². The van der Waals surface area contributed by atoms with Gasteiger partial charge < -0.3 is 16.5 Å². The van der Waals surface area contributed by atoms with Gasteiger partial charge in [0.15, 0.2) is 0 Å². The minimum atomic E-state index is -1.26. The molecule has 8 heteroatoms.